The molecule has 26 heavy (non-hydrogen) atoms. The summed E-state index contributed by atoms with van der Waals surface area (Å²) in [5.74, 6) is 1.40. The van der Waals surface area contributed by atoms with Crippen LogP contribution in [0.25, 0.3) is 0 Å². The lowest BCUT2D eigenvalue weighted by atomic mass is 10.1. The predicted molar refractivity (Wildman–Crippen MR) is 109 cm³/mol. The number of nitrogens with zero attached hydrogens (tertiary/aromatic N) is 3. The third-order valence-corrected chi connectivity index (χ3v) is 4.16. The average molecular weight is 347 g/mol. The Morgan fingerprint density at radius 3 is 2.27 bits per heavy atom. The number of nitrogens with one attached hydrogen (secondary N) is 2. The quantitative estimate of drug-likeness (QED) is 0.673. The van der Waals surface area contributed by atoms with E-state index in [4.69, 9.17) is 0 Å². The molecule has 0 aliphatic carbocycles. The van der Waals surface area contributed by atoms with E-state index in [-0.39, 0.29) is 6.04 Å². The van der Waals surface area contributed by atoms with Gasteiger partial charge >= 0.3 is 0 Å². The molecule has 0 radical (unpaired) electrons. The van der Waals surface area contributed by atoms with Gasteiger partial charge in [-0.05, 0) is 43.7 Å². The van der Waals surface area contributed by atoms with E-state index >= 15 is 0 Å². The fraction of sp³-hybridized carbons (Fsp3) is 0.238. The molecule has 1 aromatic heterocycles. The highest BCUT2D eigenvalue weighted by molar-refractivity contribution is 5.60. The van der Waals surface area contributed by atoms with E-state index in [2.05, 4.69) is 56.7 Å². The molecule has 0 saturated carbocycles. The average Bonchev–Trinajstić information content (AvgIpc) is 2.62. The van der Waals surface area contributed by atoms with E-state index < -0.39 is 0 Å². The zero-order valence-corrected chi connectivity index (χ0v) is 15.7. The second-order valence-corrected chi connectivity index (χ2v) is 6.56. The first-order valence-electron chi connectivity index (χ1n) is 8.73. The molecule has 0 saturated heterocycles. The Bertz CT molecular complexity index is 844. The van der Waals surface area contributed by atoms with Crippen LogP contribution in [0.15, 0.2) is 60.7 Å². The fourth-order valence-electron chi connectivity index (χ4n) is 2.72. The topological polar surface area (TPSA) is 53.1 Å². The first-order valence-corrected chi connectivity index (χ1v) is 8.73. The molecule has 5 heteroatoms. The second kappa shape index (κ2) is 7.87. The van der Waals surface area contributed by atoms with Crippen LogP contribution in [0.4, 0.5) is 23.1 Å². The summed E-state index contributed by atoms with van der Waals surface area (Å²) in [6.45, 7) is 4.10. The maximum absolute atomic E-state index is 4.61. The van der Waals surface area contributed by atoms with Gasteiger partial charge in [-0.1, -0.05) is 30.3 Å². The Kier molecular flexibility index (Phi) is 5.37. The monoisotopic (exact) mass is 347 g/mol. The number of aromatic nitrogens is 2. The zero-order valence-electron chi connectivity index (χ0n) is 15.7. The molecule has 1 unspecified atom stereocenters. The summed E-state index contributed by atoms with van der Waals surface area (Å²) in [6.07, 6.45) is 0. The molecule has 0 aliphatic heterocycles. The maximum atomic E-state index is 4.61. The normalized spacial score (nSPS) is 11.7. The Labute approximate surface area is 155 Å². The molecule has 0 bridgehead atoms. The fourth-order valence-corrected chi connectivity index (χ4v) is 2.72. The van der Waals surface area contributed by atoms with Crippen molar-refractivity contribution in [3.8, 4) is 0 Å². The first-order chi connectivity index (χ1) is 12.5. The Morgan fingerprint density at radius 1 is 0.923 bits per heavy atom. The van der Waals surface area contributed by atoms with E-state index in [1.54, 1.807) is 0 Å². The maximum Gasteiger partial charge on any atom is 0.229 e. The largest absolute Gasteiger partial charge is 0.378 e. The molecule has 1 heterocycles. The van der Waals surface area contributed by atoms with Crippen molar-refractivity contribution in [2.45, 2.75) is 19.9 Å². The van der Waals surface area contributed by atoms with Crippen molar-refractivity contribution in [3.63, 3.8) is 0 Å². The number of hydrogen-bond acceptors (Lipinski definition) is 5. The van der Waals surface area contributed by atoms with Crippen molar-refractivity contribution in [2.24, 2.45) is 0 Å². The van der Waals surface area contributed by atoms with Crippen molar-refractivity contribution >= 4 is 23.1 Å². The second-order valence-electron chi connectivity index (χ2n) is 6.56. The molecule has 2 aromatic carbocycles. The van der Waals surface area contributed by atoms with Gasteiger partial charge in [0.1, 0.15) is 5.82 Å². The molecule has 5 nitrogen and oxygen atoms in total. The molecule has 2 N–H and O–H groups in total. The van der Waals surface area contributed by atoms with Gasteiger partial charge in [0.05, 0.1) is 0 Å². The number of aryl methyl sites for hydroxylation is 1. The lowest BCUT2D eigenvalue weighted by molar-refractivity contribution is 0.871. The van der Waals surface area contributed by atoms with Gasteiger partial charge in [-0.25, -0.2) is 4.98 Å². The van der Waals surface area contributed by atoms with Crippen molar-refractivity contribution in [1.29, 1.82) is 0 Å². The minimum Gasteiger partial charge on any atom is -0.378 e. The highest BCUT2D eigenvalue weighted by atomic mass is 15.1. The first kappa shape index (κ1) is 17.7. The van der Waals surface area contributed by atoms with Crippen LogP contribution >= 0.6 is 0 Å². The molecule has 1 atom stereocenters. The molecular weight excluding hydrogens is 322 g/mol. The smallest absolute Gasteiger partial charge is 0.229 e. The number of benzene rings is 2. The molecule has 0 spiro atoms. The van der Waals surface area contributed by atoms with Gasteiger partial charge in [0.25, 0.3) is 0 Å². The van der Waals surface area contributed by atoms with Crippen molar-refractivity contribution in [3.05, 3.63) is 71.9 Å². The molecule has 3 aromatic rings. The van der Waals surface area contributed by atoms with E-state index in [0.717, 1.165) is 22.9 Å². The SMILES string of the molecule is Cc1cc(NC(C)c2ccccc2)nc(Nc2ccc(N(C)C)cc2)n1. The van der Waals surface area contributed by atoms with Crippen molar-refractivity contribution < 1.29 is 0 Å². The van der Waals surface area contributed by atoms with Crippen LogP contribution in [0.2, 0.25) is 0 Å². The molecule has 0 fully saturated rings. The minimum atomic E-state index is 0.165. The summed E-state index contributed by atoms with van der Waals surface area (Å²) >= 11 is 0. The third-order valence-electron chi connectivity index (χ3n) is 4.16. The van der Waals surface area contributed by atoms with Gasteiger partial charge in [0, 0.05) is 43.3 Å². The van der Waals surface area contributed by atoms with Crippen LogP contribution in [-0.4, -0.2) is 24.1 Å². The lowest BCUT2D eigenvalue weighted by Gasteiger charge is -2.16. The molecule has 0 aliphatic rings. The lowest BCUT2D eigenvalue weighted by Crippen LogP contribution is -2.10. The Morgan fingerprint density at radius 2 is 1.62 bits per heavy atom. The van der Waals surface area contributed by atoms with Crippen molar-refractivity contribution in [2.75, 3.05) is 29.6 Å². The van der Waals surface area contributed by atoms with Crippen LogP contribution in [0.3, 0.4) is 0 Å². The third kappa shape index (κ3) is 4.51. The van der Waals surface area contributed by atoms with E-state index in [1.807, 2.05) is 57.4 Å². The Hall–Kier alpha value is -3.08. The summed E-state index contributed by atoms with van der Waals surface area (Å²) < 4.78 is 0. The predicted octanol–water partition coefficient (Wildman–Crippen LogP) is 4.77. The van der Waals surface area contributed by atoms with Crippen LogP contribution in [0.5, 0.6) is 0 Å². The van der Waals surface area contributed by atoms with Gasteiger partial charge in [-0.15, -0.1) is 0 Å². The zero-order chi connectivity index (χ0) is 18.5. The molecule has 0 amide bonds. The highest BCUT2D eigenvalue weighted by Crippen LogP contribution is 2.22. The number of anilines is 4. The summed E-state index contributed by atoms with van der Waals surface area (Å²) in [5, 5.41) is 6.73. The minimum absolute atomic E-state index is 0.165. The summed E-state index contributed by atoms with van der Waals surface area (Å²) in [4.78, 5) is 11.2. The van der Waals surface area contributed by atoms with Crippen LogP contribution in [0.1, 0.15) is 24.2 Å². The standard InChI is InChI=1S/C21H25N5/c1-15-14-20(23-16(2)17-8-6-5-7-9-17)25-21(22-15)24-18-10-12-19(13-11-18)26(3)4/h5-14,16H,1-4H3,(H2,22,23,24,25). The van der Waals surface area contributed by atoms with Gasteiger partial charge in [-0.2, -0.15) is 4.98 Å². The summed E-state index contributed by atoms with van der Waals surface area (Å²) in [5.41, 5.74) is 4.25. The summed E-state index contributed by atoms with van der Waals surface area (Å²) in [6, 6.07) is 20.6. The van der Waals surface area contributed by atoms with Gasteiger partial charge < -0.3 is 15.5 Å². The van der Waals surface area contributed by atoms with Crippen LogP contribution in [-0.2, 0) is 0 Å². The molecule has 134 valence electrons. The van der Waals surface area contributed by atoms with Crippen molar-refractivity contribution in [1.82, 2.24) is 9.97 Å². The van der Waals surface area contributed by atoms with E-state index in [0.29, 0.717) is 5.95 Å². The van der Waals surface area contributed by atoms with Gasteiger partial charge in [0.2, 0.25) is 5.95 Å². The number of rotatable bonds is 6. The van der Waals surface area contributed by atoms with E-state index in [9.17, 15) is 0 Å². The molecular formula is C21H25N5. The van der Waals surface area contributed by atoms with Crippen LogP contribution in [0, 0.1) is 6.92 Å². The Balaban J connectivity index is 1.75. The van der Waals surface area contributed by atoms with E-state index in [1.165, 1.54) is 5.56 Å². The van der Waals surface area contributed by atoms with Gasteiger partial charge in [0.15, 0.2) is 0 Å². The summed E-state index contributed by atoms with van der Waals surface area (Å²) in [7, 11) is 4.05. The van der Waals surface area contributed by atoms with Gasteiger partial charge in [-0.3, -0.25) is 0 Å². The van der Waals surface area contributed by atoms with Crippen LogP contribution < -0.4 is 15.5 Å². The number of hydrogen-bond donors (Lipinski definition) is 2. The molecule has 3 rings (SSSR count). The highest BCUT2D eigenvalue weighted by Gasteiger charge is 2.08.